The lowest BCUT2D eigenvalue weighted by molar-refractivity contribution is 0.955. The van der Waals surface area contributed by atoms with Crippen molar-refractivity contribution in [3.8, 4) is 0 Å². The van der Waals surface area contributed by atoms with Crippen LogP contribution in [0.25, 0.3) is 4.96 Å². The maximum absolute atomic E-state index is 4.54. The van der Waals surface area contributed by atoms with E-state index in [1.165, 1.54) is 22.7 Å². The van der Waals surface area contributed by atoms with E-state index in [0.717, 1.165) is 22.3 Å². The minimum absolute atomic E-state index is 0.722. The summed E-state index contributed by atoms with van der Waals surface area (Å²) in [7, 11) is 0. The Labute approximate surface area is 106 Å². The molecule has 7 heteroatoms. The van der Waals surface area contributed by atoms with Gasteiger partial charge in [-0.1, -0.05) is 11.3 Å². The first-order valence-electron chi connectivity index (χ1n) is 5.18. The van der Waals surface area contributed by atoms with E-state index in [9.17, 15) is 0 Å². The van der Waals surface area contributed by atoms with Crippen molar-refractivity contribution < 1.29 is 0 Å². The predicted octanol–water partition coefficient (Wildman–Crippen LogP) is 2.48. The van der Waals surface area contributed by atoms with Crippen LogP contribution in [0.5, 0.6) is 0 Å². The Morgan fingerprint density at radius 2 is 2.24 bits per heavy atom. The summed E-state index contributed by atoms with van der Waals surface area (Å²) >= 11 is 3.17. The van der Waals surface area contributed by atoms with E-state index >= 15 is 0 Å². The van der Waals surface area contributed by atoms with Crippen LogP contribution >= 0.6 is 22.7 Å². The van der Waals surface area contributed by atoms with Gasteiger partial charge in [0.05, 0.1) is 17.9 Å². The highest BCUT2D eigenvalue weighted by molar-refractivity contribution is 7.15. The lowest BCUT2D eigenvalue weighted by Crippen LogP contribution is -2.04. The third-order valence-corrected chi connectivity index (χ3v) is 4.19. The van der Waals surface area contributed by atoms with Gasteiger partial charge < -0.3 is 5.32 Å². The molecule has 3 aromatic rings. The van der Waals surface area contributed by atoms with Crippen LogP contribution in [0.1, 0.15) is 17.1 Å². The molecule has 1 N–H and O–H groups in total. The molecule has 0 atom stereocenters. The molecule has 0 aromatic carbocycles. The Hall–Kier alpha value is -1.47. The van der Waals surface area contributed by atoms with Crippen molar-refractivity contribution in [1.29, 1.82) is 0 Å². The fourth-order valence-corrected chi connectivity index (χ4v) is 3.16. The number of nitrogens with one attached hydrogen (secondary N) is 1. The topological polar surface area (TPSA) is 55.1 Å². The number of nitrogens with zero attached hydrogens (tertiary/aromatic N) is 4. The Morgan fingerprint density at radius 1 is 1.35 bits per heavy atom. The molecule has 0 aliphatic carbocycles. The van der Waals surface area contributed by atoms with E-state index in [1.807, 2.05) is 6.92 Å². The second-order valence-corrected chi connectivity index (χ2v) is 5.41. The Bertz CT molecular complexity index is 637. The number of aryl methyl sites for hydroxylation is 2. The Balaban J connectivity index is 1.93. The van der Waals surface area contributed by atoms with Crippen molar-refractivity contribution in [3.05, 3.63) is 28.0 Å². The number of imidazole rings is 1. The molecular weight excluding hydrogens is 254 g/mol. The molecular formula is C10H11N5S2. The molecule has 17 heavy (non-hydrogen) atoms. The summed E-state index contributed by atoms with van der Waals surface area (Å²) in [4.78, 5) is 5.59. The summed E-state index contributed by atoms with van der Waals surface area (Å²) < 4.78 is 2.19. The van der Waals surface area contributed by atoms with Crippen molar-refractivity contribution in [3.63, 3.8) is 0 Å². The third kappa shape index (κ3) is 1.81. The van der Waals surface area contributed by atoms with Crippen LogP contribution in [0.4, 0.5) is 5.13 Å². The summed E-state index contributed by atoms with van der Waals surface area (Å²) in [6.07, 6.45) is 0. The smallest absolute Gasteiger partial charge is 0.205 e. The SMILES string of the molecule is Cc1nc2scc(C)n2c1CNc1nncs1. The molecule has 0 amide bonds. The first-order valence-corrected chi connectivity index (χ1v) is 6.93. The molecule has 88 valence electrons. The van der Waals surface area contributed by atoms with Gasteiger partial charge in [-0.15, -0.1) is 21.5 Å². The van der Waals surface area contributed by atoms with Gasteiger partial charge in [0.1, 0.15) is 5.51 Å². The van der Waals surface area contributed by atoms with Gasteiger partial charge in [-0.3, -0.25) is 4.40 Å². The van der Waals surface area contributed by atoms with Crippen molar-refractivity contribution in [2.45, 2.75) is 20.4 Å². The highest BCUT2D eigenvalue weighted by Crippen LogP contribution is 2.21. The maximum atomic E-state index is 4.54. The molecule has 0 bridgehead atoms. The normalized spacial score (nSPS) is 11.2. The second-order valence-electron chi connectivity index (χ2n) is 3.74. The zero-order chi connectivity index (χ0) is 11.8. The lowest BCUT2D eigenvalue weighted by Gasteiger charge is -2.03. The molecule has 3 rings (SSSR count). The van der Waals surface area contributed by atoms with Crippen molar-refractivity contribution in [1.82, 2.24) is 19.6 Å². The number of rotatable bonds is 3. The number of hydrogen-bond acceptors (Lipinski definition) is 6. The third-order valence-electron chi connectivity index (χ3n) is 2.60. The van der Waals surface area contributed by atoms with E-state index in [0.29, 0.717) is 0 Å². The molecule has 0 saturated heterocycles. The number of thiazole rings is 1. The standard InChI is InChI=1S/C10H11N5S2/c1-6-4-16-10-13-7(2)8(15(6)10)3-11-9-14-12-5-17-9/h4-5H,3H2,1-2H3,(H,11,14). The van der Waals surface area contributed by atoms with Gasteiger partial charge in [-0.05, 0) is 13.8 Å². The zero-order valence-corrected chi connectivity index (χ0v) is 11.1. The minimum atomic E-state index is 0.722. The van der Waals surface area contributed by atoms with Crippen molar-refractivity contribution in [2.24, 2.45) is 0 Å². The predicted molar refractivity (Wildman–Crippen MR) is 69.8 cm³/mol. The van der Waals surface area contributed by atoms with Crippen molar-refractivity contribution >= 4 is 32.8 Å². The van der Waals surface area contributed by atoms with Crippen molar-refractivity contribution in [2.75, 3.05) is 5.32 Å². The van der Waals surface area contributed by atoms with Crippen LogP contribution in [0, 0.1) is 13.8 Å². The van der Waals surface area contributed by atoms with Crippen LogP contribution in [0.2, 0.25) is 0 Å². The second kappa shape index (κ2) is 4.08. The number of fused-ring (bicyclic) bond motifs is 1. The molecule has 0 fully saturated rings. The van der Waals surface area contributed by atoms with Gasteiger partial charge >= 0.3 is 0 Å². The minimum Gasteiger partial charge on any atom is -0.354 e. The fourth-order valence-electron chi connectivity index (χ4n) is 1.79. The molecule has 0 aliphatic rings. The van der Waals surface area contributed by atoms with Gasteiger partial charge in [0.15, 0.2) is 4.96 Å². The Morgan fingerprint density at radius 3 is 3.00 bits per heavy atom. The van der Waals surface area contributed by atoms with E-state index in [2.05, 4.69) is 37.2 Å². The van der Waals surface area contributed by atoms with E-state index in [4.69, 9.17) is 0 Å². The molecule has 0 radical (unpaired) electrons. The molecule has 5 nitrogen and oxygen atoms in total. The summed E-state index contributed by atoms with van der Waals surface area (Å²) in [5.41, 5.74) is 5.20. The quantitative estimate of drug-likeness (QED) is 0.790. The summed E-state index contributed by atoms with van der Waals surface area (Å²) in [5.74, 6) is 0. The average molecular weight is 265 g/mol. The molecule has 3 aromatic heterocycles. The maximum Gasteiger partial charge on any atom is 0.205 e. The van der Waals surface area contributed by atoms with Crippen LogP contribution in [-0.4, -0.2) is 19.6 Å². The van der Waals surface area contributed by atoms with Crippen LogP contribution in [0.15, 0.2) is 10.9 Å². The fraction of sp³-hybridized carbons (Fsp3) is 0.300. The van der Waals surface area contributed by atoms with Gasteiger partial charge in [-0.2, -0.15) is 0 Å². The highest BCUT2D eigenvalue weighted by atomic mass is 32.1. The van der Waals surface area contributed by atoms with E-state index < -0.39 is 0 Å². The van der Waals surface area contributed by atoms with Crippen LogP contribution in [0.3, 0.4) is 0 Å². The van der Waals surface area contributed by atoms with Crippen LogP contribution in [-0.2, 0) is 6.54 Å². The molecule has 0 unspecified atom stereocenters. The lowest BCUT2D eigenvalue weighted by atomic mass is 10.3. The summed E-state index contributed by atoms with van der Waals surface area (Å²) in [5, 5.41) is 14.0. The monoisotopic (exact) mass is 265 g/mol. The van der Waals surface area contributed by atoms with Gasteiger partial charge in [-0.25, -0.2) is 4.98 Å². The van der Waals surface area contributed by atoms with Gasteiger partial charge in [0.2, 0.25) is 5.13 Å². The highest BCUT2D eigenvalue weighted by Gasteiger charge is 2.12. The average Bonchev–Trinajstić information content (AvgIpc) is 2.97. The number of aromatic nitrogens is 4. The Kier molecular flexibility index (Phi) is 2.56. The number of anilines is 1. The van der Waals surface area contributed by atoms with E-state index in [1.54, 1.807) is 16.8 Å². The molecule has 3 heterocycles. The first kappa shape index (κ1) is 10.7. The van der Waals surface area contributed by atoms with Gasteiger partial charge in [0, 0.05) is 11.1 Å². The molecule has 0 spiro atoms. The van der Waals surface area contributed by atoms with E-state index in [-0.39, 0.29) is 0 Å². The zero-order valence-electron chi connectivity index (χ0n) is 9.47. The molecule has 0 saturated carbocycles. The van der Waals surface area contributed by atoms with Gasteiger partial charge in [0.25, 0.3) is 0 Å². The summed E-state index contributed by atoms with van der Waals surface area (Å²) in [6, 6.07) is 0. The molecule has 0 aliphatic heterocycles. The summed E-state index contributed by atoms with van der Waals surface area (Å²) in [6.45, 7) is 4.86. The number of hydrogen-bond donors (Lipinski definition) is 1. The first-order chi connectivity index (χ1) is 8.25. The van der Waals surface area contributed by atoms with Crippen LogP contribution < -0.4 is 5.32 Å². The largest absolute Gasteiger partial charge is 0.354 e.